The Morgan fingerprint density at radius 1 is 0.721 bits per heavy atom. The molecular formula is C45H66F8O15. The standard InChI is InChI=1S/C23H33F3O7.C12H17F5O4.C10H16O4/c1-6-19(2,3)17(28)33-22-9-13-7-14(10-22)20(4,15(8-13)11-22)32-16(27)12-31-18(29)21(5,30)23(24,25)26;1-5-8(2,3)7(18)21-9(4)6-20-11(19,10(9,13)14)12(15,16)17;1-4-10(2,3)9(12)14-7-5-8(11)13-6-7/h13-15,30H,6-12H2,1-5H3;19H,5-6H2,1-4H3;7H,4-6H2,1-3H3. The molecule has 4 aliphatic carbocycles. The van der Waals surface area contributed by atoms with E-state index >= 15 is 0 Å². The van der Waals surface area contributed by atoms with Gasteiger partial charge in [0.05, 0.1) is 29.3 Å². The lowest BCUT2D eigenvalue weighted by atomic mass is 9.48. The largest absolute Gasteiger partial charge is 0.462 e. The Kier molecular flexibility index (Phi) is 17.0. The molecule has 2 aliphatic heterocycles. The number of carbonyl (C=O) groups is 6. The van der Waals surface area contributed by atoms with E-state index < -0.39 is 93.8 Å². The van der Waals surface area contributed by atoms with Gasteiger partial charge in [0.25, 0.3) is 5.60 Å². The van der Waals surface area contributed by atoms with Gasteiger partial charge in [-0.25, -0.2) is 9.59 Å². The van der Waals surface area contributed by atoms with E-state index in [0.717, 1.165) is 19.3 Å². The smallest absolute Gasteiger partial charge is 0.449 e. The van der Waals surface area contributed by atoms with E-state index in [-0.39, 0.29) is 62.2 Å². The third kappa shape index (κ3) is 11.8. The molecule has 0 aromatic rings. The summed E-state index contributed by atoms with van der Waals surface area (Å²) in [6, 6.07) is 0. The Morgan fingerprint density at radius 3 is 1.60 bits per heavy atom. The maximum atomic E-state index is 14.0. The third-order valence-corrected chi connectivity index (χ3v) is 14.4. The van der Waals surface area contributed by atoms with E-state index in [1.807, 2.05) is 41.5 Å². The van der Waals surface area contributed by atoms with Crippen molar-refractivity contribution in [2.45, 2.75) is 193 Å². The third-order valence-electron chi connectivity index (χ3n) is 14.4. The van der Waals surface area contributed by atoms with E-state index in [2.05, 4.69) is 14.2 Å². The molecule has 6 rings (SSSR count). The number of cyclic esters (lactones) is 1. The van der Waals surface area contributed by atoms with Gasteiger partial charge in [-0.05, 0) is 120 Å². The van der Waals surface area contributed by atoms with Gasteiger partial charge in [-0.15, -0.1) is 0 Å². The van der Waals surface area contributed by atoms with Crippen LogP contribution in [-0.4, -0.2) is 118 Å². The lowest BCUT2D eigenvalue weighted by molar-refractivity contribution is -0.409. The van der Waals surface area contributed by atoms with Crippen LogP contribution in [0.5, 0.6) is 0 Å². The zero-order valence-corrected chi connectivity index (χ0v) is 40.5. The molecule has 4 bridgehead atoms. The second kappa shape index (κ2) is 19.7. The van der Waals surface area contributed by atoms with Crippen LogP contribution in [0.25, 0.3) is 0 Å². The van der Waals surface area contributed by atoms with Crippen molar-refractivity contribution < 1.29 is 107 Å². The average Bonchev–Trinajstić information content (AvgIpc) is 3.71. The van der Waals surface area contributed by atoms with Crippen molar-refractivity contribution in [2.75, 3.05) is 19.8 Å². The van der Waals surface area contributed by atoms with E-state index in [9.17, 15) is 74.1 Å². The maximum Gasteiger partial charge on any atom is 0.449 e. The molecule has 6 unspecified atom stereocenters. The minimum absolute atomic E-state index is 0.0841. The van der Waals surface area contributed by atoms with Crippen LogP contribution in [0.2, 0.25) is 0 Å². The highest BCUT2D eigenvalue weighted by molar-refractivity contribution is 5.83. The lowest BCUT2D eigenvalue weighted by Crippen LogP contribution is -2.65. The van der Waals surface area contributed by atoms with Crippen molar-refractivity contribution >= 4 is 35.8 Å². The molecule has 0 amide bonds. The van der Waals surface area contributed by atoms with Crippen LogP contribution in [0.3, 0.4) is 0 Å². The van der Waals surface area contributed by atoms with Crippen molar-refractivity contribution in [3.05, 3.63) is 0 Å². The zero-order valence-electron chi connectivity index (χ0n) is 40.5. The van der Waals surface area contributed by atoms with Gasteiger partial charge in [0.15, 0.2) is 6.61 Å². The molecule has 23 heteroatoms. The Hall–Kier alpha value is -3.86. The van der Waals surface area contributed by atoms with Crippen molar-refractivity contribution in [3.8, 4) is 0 Å². The number of halogens is 8. The molecule has 2 N–H and O–H groups in total. The van der Waals surface area contributed by atoms with E-state index in [4.69, 9.17) is 18.9 Å². The molecule has 2 saturated heterocycles. The van der Waals surface area contributed by atoms with Crippen LogP contribution < -0.4 is 0 Å². The van der Waals surface area contributed by atoms with Crippen molar-refractivity contribution in [3.63, 3.8) is 0 Å². The summed E-state index contributed by atoms with van der Waals surface area (Å²) >= 11 is 0. The second-order valence-corrected chi connectivity index (χ2v) is 21.0. The first kappa shape index (κ1) is 58.5. The number of esters is 6. The van der Waals surface area contributed by atoms with E-state index in [1.165, 1.54) is 13.8 Å². The average molecular weight is 999 g/mol. The number of aliphatic hydroxyl groups is 2. The van der Waals surface area contributed by atoms with Crippen LogP contribution in [0, 0.1) is 34.0 Å². The molecule has 0 spiro atoms. The highest BCUT2D eigenvalue weighted by Gasteiger charge is 2.83. The molecule has 6 fully saturated rings. The van der Waals surface area contributed by atoms with Gasteiger partial charge in [0.2, 0.25) is 5.60 Å². The van der Waals surface area contributed by atoms with Crippen molar-refractivity contribution in [1.82, 2.24) is 0 Å². The first-order chi connectivity index (χ1) is 30.6. The first-order valence-electron chi connectivity index (χ1n) is 22.4. The molecule has 2 heterocycles. The number of hydrogen-bond donors (Lipinski definition) is 2. The molecule has 15 nitrogen and oxygen atoms in total. The van der Waals surface area contributed by atoms with E-state index in [0.29, 0.717) is 38.5 Å². The quantitative estimate of drug-likeness (QED) is 0.103. The fourth-order valence-corrected chi connectivity index (χ4v) is 8.18. The number of hydrogen-bond acceptors (Lipinski definition) is 15. The minimum Gasteiger partial charge on any atom is -0.462 e. The SMILES string of the molecule is CCC(C)(C)C(=O)OC1(C)COC(O)(C(F)(F)F)C1(F)F.CCC(C)(C)C(=O)OC12CC3CC(C1)C(C)(OC(=O)COC(=O)C(C)(O)C(F)(F)F)C(C3)C2.CCC(C)(C)C(=O)OC1COC(=O)C1. The molecule has 0 radical (unpaired) electrons. The van der Waals surface area contributed by atoms with E-state index in [1.54, 1.807) is 13.8 Å². The summed E-state index contributed by atoms with van der Waals surface area (Å²) in [5.41, 5.74) is -10.4. The summed E-state index contributed by atoms with van der Waals surface area (Å²) in [6.45, 7) is 16.1. The van der Waals surface area contributed by atoms with Crippen molar-refractivity contribution in [2.24, 2.45) is 34.0 Å². The highest BCUT2D eigenvalue weighted by atomic mass is 19.4. The van der Waals surface area contributed by atoms with Gasteiger partial charge in [-0.1, -0.05) is 20.8 Å². The van der Waals surface area contributed by atoms with Gasteiger partial charge < -0.3 is 43.4 Å². The summed E-state index contributed by atoms with van der Waals surface area (Å²) in [5.74, 6) is -14.2. The summed E-state index contributed by atoms with van der Waals surface area (Å²) in [4.78, 5) is 70.9. The van der Waals surface area contributed by atoms with Gasteiger partial charge >= 0.3 is 59.9 Å². The fourth-order valence-electron chi connectivity index (χ4n) is 8.18. The molecular weight excluding hydrogens is 932 g/mol. The first-order valence-corrected chi connectivity index (χ1v) is 22.4. The van der Waals surface area contributed by atoms with Crippen LogP contribution in [0.1, 0.15) is 141 Å². The lowest BCUT2D eigenvalue weighted by Gasteiger charge is -2.62. The van der Waals surface area contributed by atoms with Crippen LogP contribution in [0.4, 0.5) is 35.1 Å². The molecule has 4 saturated carbocycles. The predicted octanol–water partition coefficient (Wildman–Crippen LogP) is 7.63. The highest BCUT2D eigenvalue weighted by Crippen LogP contribution is 2.62. The van der Waals surface area contributed by atoms with Gasteiger partial charge in [-0.3, -0.25) is 19.2 Å². The Balaban J connectivity index is 0.000000299. The molecule has 68 heavy (non-hydrogen) atoms. The van der Waals surface area contributed by atoms with Crippen LogP contribution in [-0.2, 0) is 61.9 Å². The number of ether oxygens (including phenoxy) is 7. The molecule has 6 atom stereocenters. The maximum absolute atomic E-state index is 14.0. The topological polar surface area (TPSA) is 207 Å². The van der Waals surface area contributed by atoms with Gasteiger partial charge in [0.1, 0.15) is 23.9 Å². The summed E-state index contributed by atoms with van der Waals surface area (Å²) in [7, 11) is 0. The zero-order chi connectivity index (χ0) is 52.7. The van der Waals surface area contributed by atoms with Gasteiger partial charge in [-0.2, -0.15) is 35.1 Å². The normalized spacial score (nSPS) is 31.7. The summed E-state index contributed by atoms with van der Waals surface area (Å²) in [6.07, 6.45) is -6.14. The van der Waals surface area contributed by atoms with Crippen LogP contribution >= 0.6 is 0 Å². The Labute approximate surface area is 389 Å². The second-order valence-electron chi connectivity index (χ2n) is 21.0. The number of alkyl halides is 8. The molecule has 392 valence electrons. The predicted molar refractivity (Wildman–Crippen MR) is 219 cm³/mol. The fraction of sp³-hybridized carbons (Fsp3) is 0.867. The monoisotopic (exact) mass is 998 g/mol. The van der Waals surface area contributed by atoms with Crippen LogP contribution in [0.15, 0.2) is 0 Å². The van der Waals surface area contributed by atoms with Crippen molar-refractivity contribution in [1.29, 1.82) is 0 Å². The number of rotatable bonds is 13. The molecule has 0 aromatic carbocycles. The Bertz CT molecular complexity index is 1880. The summed E-state index contributed by atoms with van der Waals surface area (Å²) in [5, 5.41) is 18.5. The van der Waals surface area contributed by atoms with Gasteiger partial charge in [0, 0.05) is 11.8 Å². The minimum atomic E-state index is -5.74. The Morgan fingerprint density at radius 2 is 1.19 bits per heavy atom. The summed E-state index contributed by atoms with van der Waals surface area (Å²) < 4.78 is 139. The number of carbonyl (C=O) groups excluding carboxylic acids is 6. The molecule has 0 aromatic heterocycles. The molecule has 6 aliphatic rings.